The van der Waals surface area contributed by atoms with Crippen molar-refractivity contribution in [2.75, 3.05) is 0 Å². The van der Waals surface area contributed by atoms with Crippen LogP contribution in [-0.2, 0) is 26.5 Å². The first-order valence-corrected chi connectivity index (χ1v) is 25.5. The Hall–Kier alpha value is -9.09. The van der Waals surface area contributed by atoms with Gasteiger partial charge in [0.05, 0.1) is 40.3 Å². The van der Waals surface area contributed by atoms with E-state index in [1.165, 1.54) is 5.56 Å². The third-order valence-corrected chi connectivity index (χ3v) is 15.0. The minimum absolute atomic E-state index is 0. The van der Waals surface area contributed by atoms with E-state index >= 15 is 0 Å². The molecule has 0 amide bonds. The molecule has 77 heavy (non-hydrogen) atoms. The first kappa shape index (κ1) is 41.2. The van der Waals surface area contributed by atoms with E-state index in [0.29, 0.717) is 28.4 Å². The van der Waals surface area contributed by atoms with Gasteiger partial charge in [0.25, 0.3) is 6.33 Å². The molecule has 1 aliphatic rings. The van der Waals surface area contributed by atoms with Crippen LogP contribution in [0.3, 0.4) is 0 Å². The van der Waals surface area contributed by atoms with E-state index in [1.54, 1.807) is 0 Å². The van der Waals surface area contributed by atoms with Gasteiger partial charge in [-0.15, -0.1) is 29.7 Å². The van der Waals surface area contributed by atoms with Crippen molar-refractivity contribution in [3.8, 4) is 78.9 Å². The molecule has 0 atom stereocenters. The molecule has 6 nitrogen and oxygen atoms in total. The van der Waals surface area contributed by atoms with Crippen molar-refractivity contribution in [1.82, 2.24) is 18.7 Å². The van der Waals surface area contributed by atoms with Crippen LogP contribution in [0.1, 0.15) is 33.2 Å². The maximum absolute atomic E-state index is 9.50. The molecular weight excluding hydrogens is 1120 g/mol. The topological polar surface area (TPSA) is 40.8 Å². The molecule has 0 aliphatic carbocycles. The molecule has 10 aromatic carbocycles. The number of para-hydroxylation sites is 5. The number of pyridine rings is 1. The van der Waals surface area contributed by atoms with E-state index in [9.17, 15) is 2.74 Å². The molecule has 7 heteroatoms. The van der Waals surface area contributed by atoms with Gasteiger partial charge in [0.1, 0.15) is 5.82 Å². The fourth-order valence-corrected chi connectivity index (χ4v) is 11.6. The number of rotatable bonds is 6. The Morgan fingerprint density at radius 1 is 0.519 bits per heavy atom. The van der Waals surface area contributed by atoms with Crippen LogP contribution in [0.25, 0.3) is 122 Å². The summed E-state index contributed by atoms with van der Waals surface area (Å²) in [5.74, 6) is 1.75. The van der Waals surface area contributed by atoms with Crippen molar-refractivity contribution in [3.63, 3.8) is 0 Å². The van der Waals surface area contributed by atoms with Crippen LogP contribution in [0.15, 0.2) is 231 Å². The first-order chi connectivity index (χ1) is 39.4. The van der Waals surface area contributed by atoms with Crippen LogP contribution in [0.2, 0.25) is 0 Å². The number of nitrogens with zero attached hydrogens (tertiary/aromatic N) is 5. The number of fused-ring (bicyclic) bond motifs is 13. The molecule has 0 bridgehead atoms. The Morgan fingerprint density at radius 3 is 1.86 bits per heavy atom. The molecule has 0 unspecified atom stereocenters. The minimum Gasteiger partial charge on any atom is -0.510 e. The molecule has 370 valence electrons. The predicted octanol–water partition coefficient (Wildman–Crippen LogP) is 17.0. The zero-order valence-corrected chi connectivity index (χ0v) is 44.3. The number of aromatic nitrogens is 5. The van der Waals surface area contributed by atoms with Crippen molar-refractivity contribution in [2.45, 2.75) is 26.2 Å². The summed E-state index contributed by atoms with van der Waals surface area (Å²) >= 11 is 0. The summed E-state index contributed by atoms with van der Waals surface area (Å²) in [5.41, 5.74) is 14.7. The number of imidazole rings is 1. The SMILES string of the molecule is [2H]c1c([2H])c([2H])c(-c2cccc3c2-[n+]2[c-]n(-c4[c-]c(Oc5[c-]c6c(cc5)c5ccccc5n6-c5cc(C(C)(C)C)ccn5)ccc4)c4cccc(c42)-c2ccccc2-c2cccc(-n4c5ccccc5c5ccccc54)c2-3)c([2H])c1[2H].[Pt]. The van der Waals surface area contributed by atoms with Crippen molar-refractivity contribution in [1.29, 1.82) is 0 Å². The molecule has 0 saturated carbocycles. The van der Waals surface area contributed by atoms with Gasteiger partial charge in [-0.25, -0.2) is 4.98 Å². The van der Waals surface area contributed by atoms with Gasteiger partial charge < -0.3 is 18.4 Å². The third kappa shape index (κ3) is 7.34. The smallest absolute Gasteiger partial charge is 0.268 e. The summed E-state index contributed by atoms with van der Waals surface area (Å²) in [6.45, 7) is 6.61. The Morgan fingerprint density at radius 2 is 1.10 bits per heavy atom. The normalized spacial score (nSPS) is 12.9. The molecule has 5 heterocycles. The second kappa shape index (κ2) is 18.0. The fraction of sp³-hybridized carbons (Fsp3) is 0.0571. The predicted molar refractivity (Wildman–Crippen MR) is 308 cm³/mol. The van der Waals surface area contributed by atoms with Crippen LogP contribution in [-0.4, -0.2) is 18.7 Å². The fourth-order valence-electron chi connectivity index (χ4n) is 11.6. The standard InChI is InChI=1S/C70H47N5O.Pt/c1-70(2,3)46-39-40-71-66(41-46)75-62-34-14-11-27-55(62)56-38-37-49(43-65(56)75)76-48-22-15-21-47(42-48)72-44-73-68-50(45-19-5-4-6-20-45)28-16-31-59(68)67-57(51-23-7-8-24-52(51)58-30-18-36-64(72)69(58)73)29-17-35-63(67)74-60-32-12-9-25-53(60)54-26-10-13-33-61(54)74;/h4-41H,1-3H3;/q-2;/i4D,5D,6D,19D,20D;. The number of hydrogen-bond acceptors (Lipinski definition) is 2. The summed E-state index contributed by atoms with van der Waals surface area (Å²) in [4.78, 5) is 4.88. The van der Waals surface area contributed by atoms with Crippen LogP contribution in [0.5, 0.6) is 11.5 Å². The minimum atomic E-state index is -0.461. The van der Waals surface area contributed by atoms with Gasteiger partial charge >= 0.3 is 0 Å². The summed E-state index contributed by atoms with van der Waals surface area (Å²) < 4.78 is 60.8. The van der Waals surface area contributed by atoms with Crippen LogP contribution in [0.4, 0.5) is 0 Å². The Bertz CT molecular complexity index is 4910. The zero-order valence-electron chi connectivity index (χ0n) is 47.0. The maximum atomic E-state index is 9.50. The molecule has 0 saturated heterocycles. The van der Waals surface area contributed by atoms with Crippen molar-refractivity contribution in [3.05, 3.63) is 255 Å². The largest absolute Gasteiger partial charge is 0.510 e. The Labute approximate surface area is 467 Å². The molecule has 0 fully saturated rings. The maximum Gasteiger partial charge on any atom is 0.268 e. The van der Waals surface area contributed by atoms with Crippen LogP contribution < -0.4 is 9.30 Å². The summed E-state index contributed by atoms with van der Waals surface area (Å²) in [7, 11) is 0. The van der Waals surface area contributed by atoms with Gasteiger partial charge in [-0.2, -0.15) is 18.2 Å². The van der Waals surface area contributed by atoms with E-state index in [0.717, 1.165) is 99.5 Å². The van der Waals surface area contributed by atoms with Gasteiger partial charge in [-0.05, 0) is 97.4 Å². The molecule has 0 radical (unpaired) electrons. The van der Waals surface area contributed by atoms with E-state index in [-0.39, 0.29) is 44.1 Å². The van der Waals surface area contributed by atoms with Crippen molar-refractivity contribution < 1.29 is 37.2 Å². The van der Waals surface area contributed by atoms with E-state index in [1.807, 2.05) is 63.9 Å². The Balaban J connectivity index is 0.00000602. The van der Waals surface area contributed by atoms with E-state index in [4.69, 9.17) is 13.8 Å². The molecule has 14 aromatic rings. The number of benzene rings is 10. The van der Waals surface area contributed by atoms with Gasteiger partial charge in [-0.1, -0.05) is 184 Å². The first-order valence-electron chi connectivity index (χ1n) is 28.0. The molecule has 4 aromatic heterocycles. The quantitative estimate of drug-likeness (QED) is 0.123. The summed E-state index contributed by atoms with van der Waals surface area (Å²) in [5, 5.41) is 4.33. The van der Waals surface area contributed by atoms with Gasteiger partial charge in [0, 0.05) is 60.6 Å². The monoisotopic (exact) mass is 1170 g/mol. The van der Waals surface area contributed by atoms with Gasteiger partial charge in [0.2, 0.25) is 0 Å². The summed E-state index contributed by atoms with van der Waals surface area (Å²) in [6.07, 6.45) is 5.67. The molecule has 1 aliphatic heterocycles. The Kier molecular flexibility index (Phi) is 9.65. The average molecular weight is 1170 g/mol. The van der Waals surface area contributed by atoms with Gasteiger partial charge in [-0.3, -0.25) is 4.57 Å². The van der Waals surface area contributed by atoms with Crippen LogP contribution >= 0.6 is 0 Å². The second-order valence-electron chi connectivity index (χ2n) is 20.4. The third-order valence-electron chi connectivity index (χ3n) is 15.0. The summed E-state index contributed by atoms with van der Waals surface area (Å²) in [6, 6.07) is 71.5. The van der Waals surface area contributed by atoms with Gasteiger partial charge in [0.15, 0.2) is 0 Å². The van der Waals surface area contributed by atoms with E-state index < -0.39 is 18.1 Å². The average Bonchev–Trinajstić information content (AvgIpc) is 2.05. The molecule has 0 N–H and O–H groups in total. The zero-order chi connectivity index (χ0) is 55.0. The number of ether oxygens (including phenoxy) is 1. The van der Waals surface area contributed by atoms with Crippen LogP contribution in [0, 0.1) is 18.5 Å². The molecule has 0 spiro atoms. The second-order valence-corrected chi connectivity index (χ2v) is 20.4. The van der Waals surface area contributed by atoms with Crippen molar-refractivity contribution >= 4 is 54.6 Å². The van der Waals surface area contributed by atoms with Crippen molar-refractivity contribution in [2.24, 2.45) is 0 Å². The number of hydrogen-bond donors (Lipinski definition) is 0. The molecular formula is C70H47N5OPt-2. The van der Waals surface area contributed by atoms with E-state index in [2.05, 4.69) is 194 Å². The molecule has 15 rings (SSSR count).